The molecule has 1 rings (SSSR count). The molecule has 0 aliphatic rings. The van der Waals surface area contributed by atoms with Gasteiger partial charge in [0.05, 0.1) is 0 Å². The van der Waals surface area contributed by atoms with Crippen LogP contribution in [0, 0.1) is 5.41 Å². The Hall–Kier alpha value is -1.73. The van der Waals surface area contributed by atoms with Gasteiger partial charge in [-0.3, -0.25) is 5.41 Å². The molecule has 0 spiro atoms. The number of alkyl halides is 6. The van der Waals surface area contributed by atoms with Crippen LogP contribution >= 0.6 is 0 Å². The van der Waals surface area contributed by atoms with E-state index in [1.165, 1.54) is 30.3 Å². The molecule has 8 heteroatoms. The molecule has 0 aliphatic carbocycles. The molecule has 0 heterocycles. The lowest BCUT2D eigenvalue weighted by Gasteiger charge is -2.23. The van der Waals surface area contributed by atoms with Crippen LogP contribution in [0.5, 0.6) is 0 Å². The molecule has 1 N–H and O–H groups in total. The molecule has 1 aromatic rings. The van der Waals surface area contributed by atoms with Gasteiger partial charge in [-0.1, -0.05) is 18.2 Å². The smallest absolute Gasteiger partial charge is 0.434 e. The number of ether oxygens (including phenoxy) is 1. The molecule has 2 nitrogen and oxygen atoms in total. The van der Waals surface area contributed by atoms with Crippen LogP contribution < -0.4 is 0 Å². The van der Waals surface area contributed by atoms with Crippen LogP contribution in [0.15, 0.2) is 30.3 Å². The second-order valence-corrected chi connectivity index (χ2v) is 3.28. The first-order chi connectivity index (χ1) is 8.12. The van der Waals surface area contributed by atoms with Crippen LogP contribution in [0.3, 0.4) is 0 Å². The summed E-state index contributed by atoms with van der Waals surface area (Å²) in [6.07, 6.45) is -15.3. The monoisotopic (exact) mass is 271 g/mol. The summed E-state index contributed by atoms with van der Waals surface area (Å²) in [6, 6.07) is 6.58. The molecular formula is C10H7F6NO. The Morgan fingerprint density at radius 1 is 0.944 bits per heavy atom. The fourth-order valence-electron chi connectivity index (χ4n) is 1.09. The number of hydrogen-bond donors (Lipinski definition) is 1. The molecule has 100 valence electrons. The third-order valence-corrected chi connectivity index (χ3v) is 1.87. The van der Waals surface area contributed by atoms with E-state index in [4.69, 9.17) is 5.41 Å². The molecule has 0 atom stereocenters. The Kier molecular flexibility index (Phi) is 3.88. The quantitative estimate of drug-likeness (QED) is 0.498. The van der Waals surface area contributed by atoms with Gasteiger partial charge in [0.15, 0.2) is 0 Å². The Morgan fingerprint density at radius 2 is 1.39 bits per heavy atom. The van der Waals surface area contributed by atoms with E-state index in [0.29, 0.717) is 0 Å². The maximum Gasteiger partial charge on any atom is 0.434 e. The van der Waals surface area contributed by atoms with Crippen molar-refractivity contribution in [3.8, 4) is 0 Å². The molecule has 0 aromatic heterocycles. The summed E-state index contributed by atoms with van der Waals surface area (Å²) in [6.45, 7) is 0. The standard InChI is InChI=1S/C10H7F6NO/c11-9(12,13)8(10(14,15)16)18-7(17)6-4-2-1-3-5-6/h1-5,8,17H. The summed E-state index contributed by atoms with van der Waals surface area (Å²) >= 11 is 0. The minimum absolute atomic E-state index is 0.170. The molecular weight excluding hydrogens is 264 g/mol. The molecule has 1 aromatic carbocycles. The highest BCUT2D eigenvalue weighted by Crippen LogP contribution is 2.36. The van der Waals surface area contributed by atoms with Crippen LogP contribution in [0.25, 0.3) is 0 Å². The Bertz CT molecular complexity index is 397. The Morgan fingerprint density at radius 3 is 1.78 bits per heavy atom. The summed E-state index contributed by atoms with van der Waals surface area (Å²) in [5, 5.41) is 7.10. The van der Waals surface area contributed by atoms with Gasteiger partial charge in [0.1, 0.15) is 0 Å². The van der Waals surface area contributed by atoms with Crippen molar-refractivity contribution in [2.75, 3.05) is 0 Å². The second-order valence-electron chi connectivity index (χ2n) is 3.28. The number of hydrogen-bond acceptors (Lipinski definition) is 2. The van der Waals surface area contributed by atoms with Crippen molar-refractivity contribution >= 4 is 5.90 Å². The normalized spacial score (nSPS) is 12.6. The van der Waals surface area contributed by atoms with E-state index >= 15 is 0 Å². The largest absolute Gasteiger partial charge is 0.455 e. The van der Waals surface area contributed by atoms with Crippen LogP contribution in [0.1, 0.15) is 5.56 Å². The average molecular weight is 271 g/mol. The van der Waals surface area contributed by atoms with Crippen molar-refractivity contribution in [1.82, 2.24) is 0 Å². The Labute approximate surface area is 97.7 Å². The minimum Gasteiger partial charge on any atom is -0.455 e. The Balaban J connectivity index is 2.90. The molecule has 0 radical (unpaired) electrons. The van der Waals surface area contributed by atoms with E-state index in [9.17, 15) is 26.3 Å². The van der Waals surface area contributed by atoms with Crippen molar-refractivity contribution in [3.05, 3.63) is 35.9 Å². The summed E-state index contributed by atoms with van der Waals surface area (Å²) in [7, 11) is 0. The van der Waals surface area contributed by atoms with E-state index in [0.717, 1.165) is 0 Å². The van der Waals surface area contributed by atoms with E-state index in [1.54, 1.807) is 0 Å². The van der Waals surface area contributed by atoms with Crippen molar-refractivity contribution in [3.63, 3.8) is 0 Å². The van der Waals surface area contributed by atoms with Crippen LogP contribution in [-0.4, -0.2) is 24.4 Å². The summed E-state index contributed by atoms with van der Waals surface area (Å²) in [5.41, 5.74) is -0.170. The van der Waals surface area contributed by atoms with Gasteiger partial charge in [-0.05, 0) is 12.1 Å². The fourth-order valence-corrected chi connectivity index (χ4v) is 1.09. The van der Waals surface area contributed by atoms with Gasteiger partial charge in [-0.25, -0.2) is 0 Å². The van der Waals surface area contributed by atoms with E-state index in [-0.39, 0.29) is 5.56 Å². The maximum absolute atomic E-state index is 12.2. The highest BCUT2D eigenvalue weighted by atomic mass is 19.4. The fraction of sp³-hybridized carbons (Fsp3) is 0.300. The zero-order chi connectivity index (χ0) is 14.0. The van der Waals surface area contributed by atoms with E-state index in [1.807, 2.05) is 0 Å². The van der Waals surface area contributed by atoms with Crippen LogP contribution in [-0.2, 0) is 4.74 Å². The van der Waals surface area contributed by atoms with Gasteiger partial charge in [0, 0.05) is 5.56 Å². The van der Waals surface area contributed by atoms with Crippen molar-refractivity contribution in [1.29, 1.82) is 5.41 Å². The predicted molar refractivity (Wildman–Crippen MR) is 50.3 cm³/mol. The van der Waals surface area contributed by atoms with Crippen molar-refractivity contribution in [2.24, 2.45) is 0 Å². The first-order valence-electron chi connectivity index (χ1n) is 4.56. The number of halogens is 6. The SMILES string of the molecule is N=C(OC(C(F)(F)F)C(F)(F)F)c1ccccc1. The molecule has 0 aliphatic heterocycles. The predicted octanol–water partition coefficient (Wildman–Crippen LogP) is 3.52. The van der Waals surface area contributed by atoms with Gasteiger partial charge in [0.25, 0.3) is 6.10 Å². The van der Waals surface area contributed by atoms with E-state index in [2.05, 4.69) is 4.74 Å². The zero-order valence-corrected chi connectivity index (χ0v) is 8.64. The molecule has 0 amide bonds. The van der Waals surface area contributed by atoms with Crippen LogP contribution in [0.4, 0.5) is 26.3 Å². The van der Waals surface area contributed by atoms with Gasteiger partial charge < -0.3 is 4.74 Å². The lowest BCUT2D eigenvalue weighted by atomic mass is 10.2. The first kappa shape index (κ1) is 14.3. The minimum atomic E-state index is -5.63. The number of benzene rings is 1. The lowest BCUT2D eigenvalue weighted by Crippen LogP contribution is -2.45. The van der Waals surface area contributed by atoms with Gasteiger partial charge in [0.2, 0.25) is 5.90 Å². The van der Waals surface area contributed by atoms with Crippen molar-refractivity contribution < 1.29 is 31.1 Å². The highest BCUT2D eigenvalue weighted by Gasteiger charge is 2.59. The van der Waals surface area contributed by atoms with Crippen LogP contribution in [0.2, 0.25) is 0 Å². The molecule has 0 saturated carbocycles. The maximum atomic E-state index is 12.2. The zero-order valence-electron chi connectivity index (χ0n) is 8.64. The van der Waals surface area contributed by atoms with Gasteiger partial charge >= 0.3 is 12.4 Å². The average Bonchev–Trinajstić information content (AvgIpc) is 2.23. The molecule has 0 unspecified atom stereocenters. The molecule has 0 bridgehead atoms. The molecule has 0 fully saturated rings. The topological polar surface area (TPSA) is 33.1 Å². The number of rotatable bonds is 2. The molecule has 18 heavy (non-hydrogen) atoms. The third-order valence-electron chi connectivity index (χ3n) is 1.87. The second kappa shape index (κ2) is 4.87. The summed E-state index contributed by atoms with van der Waals surface area (Å²) in [5.74, 6) is -1.18. The third kappa shape index (κ3) is 3.64. The molecule has 0 saturated heterocycles. The van der Waals surface area contributed by atoms with Crippen molar-refractivity contribution in [2.45, 2.75) is 18.5 Å². The van der Waals surface area contributed by atoms with E-state index < -0.39 is 24.4 Å². The summed E-state index contributed by atoms with van der Waals surface area (Å²) < 4.78 is 76.6. The van der Waals surface area contributed by atoms with Gasteiger partial charge in [-0.2, -0.15) is 26.3 Å². The summed E-state index contributed by atoms with van der Waals surface area (Å²) in [4.78, 5) is 0. The van der Waals surface area contributed by atoms with Gasteiger partial charge in [-0.15, -0.1) is 0 Å². The number of nitrogens with one attached hydrogen (secondary N) is 1. The lowest BCUT2D eigenvalue weighted by molar-refractivity contribution is -0.303. The first-order valence-corrected chi connectivity index (χ1v) is 4.56. The highest BCUT2D eigenvalue weighted by molar-refractivity contribution is 5.91.